The molecule has 1 aromatic heterocycles. The molecule has 0 saturated carbocycles. The molecule has 0 atom stereocenters. The van der Waals surface area contributed by atoms with Gasteiger partial charge in [0, 0.05) is 23.5 Å². The van der Waals surface area contributed by atoms with Gasteiger partial charge in [-0.1, -0.05) is 18.9 Å². The van der Waals surface area contributed by atoms with Crippen molar-refractivity contribution in [2.24, 2.45) is 0 Å². The minimum atomic E-state index is -1.33. The second kappa shape index (κ2) is 7.73. The van der Waals surface area contributed by atoms with Gasteiger partial charge in [0.1, 0.15) is 0 Å². The van der Waals surface area contributed by atoms with Crippen molar-refractivity contribution in [2.75, 3.05) is 6.54 Å². The molecule has 4 nitrogen and oxygen atoms in total. The van der Waals surface area contributed by atoms with Crippen molar-refractivity contribution in [3.8, 4) is 12.3 Å². The van der Waals surface area contributed by atoms with Crippen LogP contribution in [0.3, 0.4) is 0 Å². The monoisotopic (exact) mass is 313 g/mol. The molecule has 1 aliphatic rings. The van der Waals surface area contributed by atoms with Gasteiger partial charge < -0.3 is 15.0 Å². The molecule has 2 N–H and O–H groups in total. The number of carbonyl (C=O) groups is 1. The molecular formula is C17H21BFN3O. The summed E-state index contributed by atoms with van der Waals surface area (Å²) in [6, 6.07) is 3.73. The first-order chi connectivity index (χ1) is 11.1. The summed E-state index contributed by atoms with van der Waals surface area (Å²) in [7, 11) is -1.33. The summed E-state index contributed by atoms with van der Waals surface area (Å²) < 4.78 is 16.1. The average Bonchev–Trinajstić information content (AvgIpc) is 2.94. The fourth-order valence-electron chi connectivity index (χ4n) is 2.61. The number of rotatable bonds is 6. The molecule has 0 saturated heterocycles. The molecule has 0 aromatic carbocycles. The number of hydrogen-bond acceptors (Lipinski definition) is 2. The predicted molar refractivity (Wildman–Crippen MR) is 92.0 cm³/mol. The Morgan fingerprint density at radius 1 is 1.57 bits per heavy atom. The lowest BCUT2D eigenvalue weighted by atomic mass is 9.96. The number of terminal acetylenes is 1. The minimum Gasteiger partial charge on any atom is -0.379 e. The maximum Gasteiger partial charge on any atom is 0.589 e. The molecule has 1 amide bonds. The third kappa shape index (κ3) is 4.07. The van der Waals surface area contributed by atoms with Crippen LogP contribution in [-0.4, -0.2) is 24.2 Å². The van der Waals surface area contributed by atoms with Crippen LogP contribution in [0.1, 0.15) is 38.1 Å². The number of carbonyl (C=O) groups excluding carboxylic acids is 1. The molecule has 0 fully saturated rings. The first kappa shape index (κ1) is 16.9. The molecule has 0 bridgehead atoms. The standard InChI is InChI=1S/C17H21BFN3O/c1-4-6-13(3)16-12-15-8-7-14(22(15)18(19)21-16)9-10-17(23)20-11-5-2/h2,6-8,12,21H,4,9-11H2,1,3H3,(H,20,23)/b13-6-. The Balaban J connectivity index is 2.12. The van der Waals surface area contributed by atoms with Crippen molar-refractivity contribution in [2.45, 2.75) is 33.1 Å². The Morgan fingerprint density at radius 3 is 3.04 bits per heavy atom. The maximum absolute atomic E-state index is 14.5. The molecule has 0 spiro atoms. The maximum atomic E-state index is 14.5. The van der Waals surface area contributed by atoms with Gasteiger partial charge >= 0.3 is 7.26 Å². The van der Waals surface area contributed by atoms with E-state index >= 15 is 0 Å². The van der Waals surface area contributed by atoms with Crippen LogP contribution in [0.5, 0.6) is 0 Å². The largest absolute Gasteiger partial charge is 0.589 e. The van der Waals surface area contributed by atoms with Crippen LogP contribution < -0.4 is 10.5 Å². The fourth-order valence-corrected chi connectivity index (χ4v) is 2.61. The van der Waals surface area contributed by atoms with Crippen LogP contribution in [0.4, 0.5) is 4.32 Å². The lowest BCUT2D eigenvalue weighted by Gasteiger charge is -2.22. The van der Waals surface area contributed by atoms with Crippen molar-refractivity contribution < 1.29 is 9.11 Å². The van der Waals surface area contributed by atoms with Gasteiger partial charge in [-0.25, -0.2) is 0 Å². The van der Waals surface area contributed by atoms with Crippen molar-refractivity contribution >= 4 is 19.2 Å². The first-order valence-corrected chi connectivity index (χ1v) is 7.76. The van der Waals surface area contributed by atoms with Crippen LogP contribution in [0.15, 0.2) is 29.5 Å². The molecule has 0 radical (unpaired) electrons. The number of amides is 1. The van der Waals surface area contributed by atoms with E-state index < -0.39 is 7.26 Å². The van der Waals surface area contributed by atoms with E-state index in [9.17, 15) is 9.11 Å². The van der Waals surface area contributed by atoms with E-state index in [4.69, 9.17) is 6.42 Å². The number of fused-ring (bicyclic) bond motifs is 1. The first-order valence-electron chi connectivity index (χ1n) is 7.76. The summed E-state index contributed by atoms with van der Waals surface area (Å²) in [5.74, 6) is 2.23. The topological polar surface area (TPSA) is 46.1 Å². The van der Waals surface area contributed by atoms with E-state index in [1.54, 1.807) is 4.48 Å². The molecule has 2 heterocycles. The zero-order valence-electron chi connectivity index (χ0n) is 13.5. The van der Waals surface area contributed by atoms with E-state index in [-0.39, 0.29) is 18.9 Å². The summed E-state index contributed by atoms with van der Waals surface area (Å²) in [6.07, 6.45) is 10.7. The van der Waals surface area contributed by atoms with Crippen molar-refractivity contribution in [1.29, 1.82) is 0 Å². The zero-order valence-corrected chi connectivity index (χ0v) is 13.5. The zero-order chi connectivity index (χ0) is 16.8. The molecule has 2 rings (SSSR count). The Kier molecular flexibility index (Phi) is 5.69. The second-order valence-electron chi connectivity index (χ2n) is 5.43. The summed E-state index contributed by atoms with van der Waals surface area (Å²) in [4.78, 5) is 11.6. The number of halogens is 1. The quantitative estimate of drug-likeness (QED) is 0.625. The minimum absolute atomic E-state index is 0.129. The highest BCUT2D eigenvalue weighted by Gasteiger charge is 2.28. The number of aryl methyl sites for hydroxylation is 1. The van der Waals surface area contributed by atoms with Gasteiger partial charge in [-0.3, -0.25) is 9.11 Å². The molecule has 1 aliphatic heterocycles. The Hall–Kier alpha value is -2.42. The van der Waals surface area contributed by atoms with Gasteiger partial charge in [-0.05, 0) is 43.5 Å². The molecule has 6 heteroatoms. The van der Waals surface area contributed by atoms with Gasteiger partial charge in [0.2, 0.25) is 5.91 Å². The number of allylic oxidation sites excluding steroid dienone is 2. The predicted octanol–water partition coefficient (Wildman–Crippen LogP) is 2.27. The molecular weight excluding hydrogens is 292 g/mol. The summed E-state index contributed by atoms with van der Waals surface area (Å²) in [5.41, 5.74) is 3.40. The van der Waals surface area contributed by atoms with Crippen LogP contribution in [0, 0.1) is 12.3 Å². The second-order valence-corrected chi connectivity index (χ2v) is 5.43. The van der Waals surface area contributed by atoms with E-state index in [2.05, 4.69) is 22.5 Å². The van der Waals surface area contributed by atoms with Crippen LogP contribution in [0.2, 0.25) is 0 Å². The Labute approximate surface area is 137 Å². The lowest BCUT2D eigenvalue weighted by Crippen LogP contribution is -2.41. The fraction of sp³-hybridized carbons (Fsp3) is 0.353. The Bertz CT molecular complexity index is 685. The van der Waals surface area contributed by atoms with Crippen LogP contribution >= 0.6 is 0 Å². The highest BCUT2D eigenvalue weighted by Crippen LogP contribution is 2.22. The van der Waals surface area contributed by atoms with Gasteiger partial charge in [0.15, 0.2) is 0 Å². The smallest absolute Gasteiger partial charge is 0.379 e. The summed E-state index contributed by atoms with van der Waals surface area (Å²) >= 11 is 0. The normalized spacial score (nSPS) is 13.7. The molecule has 0 aliphatic carbocycles. The SMILES string of the molecule is C#CCNC(=O)CCc1ccc2n1B(F)NC(/C(C)=C\CC)=C2. The number of nitrogens with zero attached hydrogens (tertiary/aromatic N) is 1. The van der Waals surface area contributed by atoms with Crippen molar-refractivity contribution in [3.63, 3.8) is 0 Å². The van der Waals surface area contributed by atoms with Crippen LogP contribution in [0.25, 0.3) is 6.08 Å². The van der Waals surface area contributed by atoms with E-state index in [1.807, 2.05) is 32.1 Å². The van der Waals surface area contributed by atoms with Crippen molar-refractivity contribution in [1.82, 2.24) is 15.0 Å². The van der Waals surface area contributed by atoms with Gasteiger partial charge in [0.25, 0.3) is 0 Å². The highest BCUT2D eigenvalue weighted by molar-refractivity contribution is 6.48. The molecule has 1 aromatic rings. The Morgan fingerprint density at radius 2 is 2.35 bits per heavy atom. The lowest BCUT2D eigenvalue weighted by molar-refractivity contribution is -0.120. The molecule has 120 valence electrons. The summed E-state index contributed by atoms with van der Waals surface area (Å²) in [5, 5.41) is 5.48. The third-order valence-corrected chi connectivity index (χ3v) is 3.76. The van der Waals surface area contributed by atoms with E-state index in [0.29, 0.717) is 6.42 Å². The van der Waals surface area contributed by atoms with Gasteiger partial charge in [-0.15, -0.1) is 6.42 Å². The van der Waals surface area contributed by atoms with Gasteiger partial charge in [0.05, 0.1) is 6.54 Å². The summed E-state index contributed by atoms with van der Waals surface area (Å²) in [6.45, 7) is 4.23. The molecule has 0 unspecified atom stereocenters. The average molecular weight is 313 g/mol. The van der Waals surface area contributed by atoms with Gasteiger partial charge in [-0.2, -0.15) is 0 Å². The van der Waals surface area contributed by atoms with Crippen LogP contribution in [-0.2, 0) is 11.2 Å². The van der Waals surface area contributed by atoms with E-state index in [1.165, 1.54) is 0 Å². The number of hydrogen-bond donors (Lipinski definition) is 2. The number of aromatic nitrogens is 1. The van der Waals surface area contributed by atoms with Crippen molar-refractivity contribution in [3.05, 3.63) is 40.9 Å². The third-order valence-electron chi connectivity index (χ3n) is 3.76. The molecule has 23 heavy (non-hydrogen) atoms. The highest BCUT2D eigenvalue weighted by atomic mass is 19.1. The van der Waals surface area contributed by atoms with E-state index in [0.717, 1.165) is 29.1 Å². The number of nitrogens with one attached hydrogen (secondary N) is 2.